The van der Waals surface area contributed by atoms with Crippen molar-refractivity contribution < 1.29 is 14.3 Å². The molecule has 3 rings (SSSR count). The van der Waals surface area contributed by atoms with Crippen molar-refractivity contribution in [1.82, 2.24) is 5.32 Å². The van der Waals surface area contributed by atoms with Crippen molar-refractivity contribution in [1.29, 1.82) is 0 Å². The molecule has 1 aliphatic rings. The molecule has 0 spiro atoms. The Kier molecular flexibility index (Phi) is 4.15. The van der Waals surface area contributed by atoms with Gasteiger partial charge in [-0.05, 0) is 36.4 Å². The van der Waals surface area contributed by atoms with Crippen LogP contribution in [0.1, 0.15) is 17.2 Å². The van der Waals surface area contributed by atoms with E-state index in [-0.39, 0.29) is 5.12 Å². The van der Waals surface area contributed by atoms with Crippen LogP contribution in [0.2, 0.25) is 0 Å². The molecule has 5 heteroatoms. The van der Waals surface area contributed by atoms with Gasteiger partial charge >= 0.3 is 6.09 Å². The monoisotopic (exact) mass is 313 g/mol. The van der Waals surface area contributed by atoms with E-state index in [4.69, 9.17) is 4.74 Å². The van der Waals surface area contributed by atoms with E-state index in [1.54, 1.807) is 0 Å². The van der Waals surface area contributed by atoms with Gasteiger partial charge in [-0.1, -0.05) is 48.0 Å². The lowest BCUT2D eigenvalue weighted by Gasteiger charge is -2.15. The average Bonchev–Trinajstić information content (AvgIpc) is 2.92. The molecule has 0 saturated carbocycles. The standard InChI is InChI=1S/C17H15NO3S/c1-11-7-9-13(10-8-11)22-16(19)15-14(18-17(20)21-15)12-5-3-2-4-6-12/h2-10,14-15H,1H3,(H,18,20)/t14-,15-/m1/s1. The van der Waals surface area contributed by atoms with Crippen LogP contribution in [0.3, 0.4) is 0 Å². The number of alkyl carbamates (subject to hydrolysis) is 1. The molecule has 0 unspecified atom stereocenters. The summed E-state index contributed by atoms with van der Waals surface area (Å²) in [4.78, 5) is 24.9. The number of nitrogens with one attached hydrogen (secondary N) is 1. The van der Waals surface area contributed by atoms with Crippen molar-refractivity contribution in [2.45, 2.75) is 24.0 Å². The van der Waals surface area contributed by atoms with E-state index in [1.165, 1.54) is 0 Å². The summed E-state index contributed by atoms with van der Waals surface area (Å²) in [5.41, 5.74) is 1.99. The number of aryl methyl sites for hydroxylation is 1. The highest BCUT2D eigenvalue weighted by Crippen LogP contribution is 2.31. The third-order valence-corrected chi connectivity index (χ3v) is 4.38. The molecule has 1 amide bonds. The van der Waals surface area contributed by atoms with Crippen LogP contribution in [-0.2, 0) is 9.53 Å². The van der Waals surface area contributed by atoms with E-state index >= 15 is 0 Å². The van der Waals surface area contributed by atoms with Gasteiger partial charge in [0, 0.05) is 4.90 Å². The zero-order chi connectivity index (χ0) is 15.5. The summed E-state index contributed by atoms with van der Waals surface area (Å²) in [7, 11) is 0. The Bertz CT molecular complexity index is 685. The van der Waals surface area contributed by atoms with Crippen LogP contribution in [0.25, 0.3) is 0 Å². The van der Waals surface area contributed by atoms with Gasteiger partial charge in [-0.2, -0.15) is 0 Å². The predicted octanol–water partition coefficient (Wildman–Crippen LogP) is 3.46. The Labute approximate surface area is 132 Å². The van der Waals surface area contributed by atoms with Crippen molar-refractivity contribution in [3.8, 4) is 0 Å². The molecule has 1 aliphatic heterocycles. The Morgan fingerprint density at radius 2 is 1.77 bits per heavy atom. The quantitative estimate of drug-likeness (QED) is 0.882. The van der Waals surface area contributed by atoms with Gasteiger partial charge in [-0.3, -0.25) is 4.79 Å². The largest absolute Gasteiger partial charge is 0.435 e. The second-order valence-electron chi connectivity index (χ2n) is 5.09. The van der Waals surface area contributed by atoms with Crippen molar-refractivity contribution in [3.05, 3.63) is 65.7 Å². The predicted molar refractivity (Wildman–Crippen MR) is 84.6 cm³/mol. The van der Waals surface area contributed by atoms with E-state index in [0.29, 0.717) is 0 Å². The molecule has 0 bridgehead atoms. The Hall–Kier alpha value is -2.27. The topological polar surface area (TPSA) is 55.4 Å². The molecule has 4 nitrogen and oxygen atoms in total. The van der Waals surface area contributed by atoms with Crippen molar-refractivity contribution in [2.75, 3.05) is 0 Å². The lowest BCUT2D eigenvalue weighted by molar-refractivity contribution is -0.117. The minimum atomic E-state index is -0.818. The molecule has 112 valence electrons. The highest BCUT2D eigenvalue weighted by Gasteiger charge is 2.40. The molecule has 0 aromatic heterocycles. The third-order valence-electron chi connectivity index (χ3n) is 3.44. The number of hydrogen-bond acceptors (Lipinski definition) is 4. The first kappa shape index (κ1) is 14.7. The van der Waals surface area contributed by atoms with Gasteiger partial charge in [0.25, 0.3) is 0 Å². The van der Waals surface area contributed by atoms with Crippen molar-refractivity contribution >= 4 is 23.0 Å². The smallest absolute Gasteiger partial charge is 0.408 e. The van der Waals surface area contributed by atoms with Gasteiger partial charge in [0.1, 0.15) is 6.04 Å². The molecular formula is C17H15NO3S. The molecule has 1 N–H and O–H groups in total. The normalized spacial score (nSPS) is 20.3. The van der Waals surface area contributed by atoms with Crippen LogP contribution in [0.5, 0.6) is 0 Å². The molecule has 2 aromatic carbocycles. The van der Waals surface area contributed by atoms with Crippen molar-refractivity contribution in [3.63, 3.8) is 0 Å². The molecule has 22 heavy (non-hydrogen) atoms. The van der Waals surface area contributed by atoms with Crippen LogP contribution in [0, 0.1) is 6.92 Å². The first-order valence-corrected chi connectivity index (χ1v) is 7.75. The summed E-state index contributed by atoms with van der Waals surface area (Å²) in [5.74, 6) is 0. The minimum absolute atomic E-state index is 0.184. The summed E-state index contributed by atoms with van der Waals surface area (Å²) in [6, 6.07) is 16.6. The summed E-state index contributed by atoms with van der Waals surface area (Å²) < 4.78 is 5.17. The van der Waals surface area contributed by atoms with Crippen LogP contribution in [-0.4, -0.2) is 17.3 Å². The fraction of sp³-hybridized carbons (Fsp3) is 0.176. The van der Waals surface area contributed by atoms with Gasteiger partial charge in [-0.25, -0.2) is 4.79 Å². The maximum Gasteiger partial charge on any atom is 0.408 e. The third kappa shape index (κ3) is 3.14. The van der Waals surface area contributed by atoms with Crippen LogP contribution in [0.4, 0.5) is 4.79 Å². The van der Waals surface area contributed by atoms with Crippen molar-refractivity contribution in [2.24, 2.45) is 0 Å². The van der Waals surface area contributed by atoms with E-state index in [2.05, 4.69) is 5.32 Å². The van der Waals surface area contributed by atoms with E-state index in [1.807, 2.05) is 61.5 Å². The summed E-state index contributed by atoms with van der Waals surface area (Å²) in [5, 5.41) is 2.52. The molecule has 0 aliphatic carbocycles. The number of ether oxygens (including phenoxy) is 1. The number of rotatable bonds is 3. The van der Waals surface area contributed by atoms with Gasteiger partial charge in [0.15, 0.2) is 6.10 Å². The zero-order valence-electron chi connectivity index (χ0n) is 12.0. The number of cyclic esters (lactones) is 1. The SMILES string of the molecule is Cc1ccc(SC(=O)[C@@H]2OC(=O)N[C@@H]2c2ccccc2)cc1. The van der Waals surface area contributed by atoms with E-state index in [9.17, 15) is 9.59 Å². The molecule has 1 fully saturated rings. The van der Waals surface area contributed by atoms with Crippen LogP contribution < -0.4 is 5.32 Å². The zero-order valence-corrected chi connectivity index (χ0v) is 12.8. The number of carbonyl (C=O) groups excluding carboxylic acids is 2. The molecule has 1 heterocycles. The Morgan fingerprint density at radius 3 is 2.45 bits per heavy atom. The number of benzene rings is 2. The average molecular weight is 313 g/mol. The van der Waals surface area contributed by atoms with Gasteiger partial charge in [-0.15, -0.1) is 0 Å². The lowest BCUT2D eigenvalue weighted by Crippen LogP contribution is -2.27. The second kappa shape index (κ2) is 6.23. The maximum atomic E-state index is 12.5. The summed E-state index contributed by atoms with van der Waals surface area (Å²) in [6.07, 6.45) is -1.38. The minimum Gasteiger partial charge on any atom is -0.435 e. The number of hydrogen-bond donors (Lipinski definition) is 1. The van der Waals surface area contributed by atoms with E-state index < -0.39 is 18.2 Å². The Balaban J connectivity index is 1.78. The first-order valence-electron chi connectivity index (χ1n) is 6.94. The second-order valence-corrected chi connectivity index (χ2v) is 6.17. The molecule has 0 radical (unpaired) electrons. The lowest BCUT2D eigenvalue weighted by atomic mass is 10.0. The van der Waals surface area contributed by atoms with E-state index in [0.717, 1.165) is 27.8 Å². The first-order chi connectivity index (χ1) is 10.6. The summed E-state index contributed by atoms with van der Waals surface area (Å²) in [6.45, 7) is 1.99. The molecule has 2 aromatic rings. The van der Waals surface area contributed by atoms with Gasteiger partial charge < -0.3 is 10.1 Å². The summed E-state index contributed by atoms with van der Waals surface area (Å²) >= 11 is 1.09. The molecular weight excluding hydrogens is 298 g/mol. The number of carbonyl (C=O) groups is 2. The molecule has 1 saturated heterocycles. The number of amides is 1. The Morgan fingerprint density at radius 1 is 1.09 bits per heavy atom. The maximum absolute atomic E-state index is 12.5. The fourth-order valence-corrected chi connectivity index (χ4v) is 3.11. The van der Waals surface area contributed by atoms with Gasteiger partial charge in [0.05, 0.1) is 0 Å². The number of thioether (sulfide) groups is 1. The van der Waals surface area contributed by atoms with Gasteiger partial charge in [0.2, 0.25) is 5.12 Å². The van der Waals surface area contributed by atoms with Crippen LogP contribution >= 0.6 is 11.8 Å². The highest BCUT2D eigenvalue weighted by atomic mass is 32.2. The highest BCUT2D eigenvalue weighted by molar-refractivity contribution is 8.13. The fourth-order valence-electron chi connectivity index (χ4n) is 2.30. The molecule has 2 atom stereocenters. The van der Waals surface area contributed by atoms with Crippen LogP contribution in [0.15, 0.2) is 59.5 Å².